The van der Waals surface area contributed by atoms with E-state index in [4.69, 9.17) is 5.26 Å². The van der Waals surface area contributed by atoms with Gasteiger partial charge in [0.2, 0.25) is 6.19 Å². The molecule has 1 aromatic heterocycles. The Labute approximate surface area is 65.2 Å². The lowest BCUT2D eigenvalue weighted by Gasteiger charge is -1.86. The lowest BCUT2D eigenvalue weighted by atomic mass is 10.3. The molecule has 3 heteroatoms. The van der Waals surface area contributed by atoms with Gasteiger partial charge >= 0.3 is 0 Å². The highest BCUT2D eigenvalue weighted by atomic mass is 14.9. The molecule has 0 atom stereocenters. The van der Waals surface area contributed by atoms with Crippen LogP contribution in [0.3, 0.4) is 0 Å². The van der Waals surface area contributed by atoms with Crippen LogP contribution in [0.1, 0.15) is 5.56 Å². The highest BCUT2D eigenvalue weighted by Gasteiger charge is 1.92. The molecular weight excluding hydrogens is 138 g/mol. The van der Waals surface area contributed by atoms with Crippen LogP contribution in [0.5, 0.6) is 0 Å². The fraction of sp³-hybridized carbons (Fsp3) is 0.125. The molecule has 1 heterocycles. The molecule has 0 radical (unpaired) electrons. The van der Waals surface area contributed by atoms with Crippen molar-refractivity contribution in [2.75, 3.05) is 0 Å². The summed E-state index contributed by atoms with van der Waals surface area (Å²) >= 11 is 0. The molecule has 3 nitrogen and oxygen atoms in total. The van der Waals surface area contributed by atoms with Crippen LogP contribution in [0.2, 0.25) is 0 Å². The first-order valence-corrected chi connectivity index (χ1v) is 3.20. The Morgan fingerprint density at radius 2 is 2.55 bits per heavy atom. The number of aliphatic imine (C=N–C) groups is 1. The molecule has 0 aliphatic rings. The van der Waals surface area contributed by atoms with Crippen LogP contribution in [0.15, 0.2) is 29.5 Å². The molecule has 0 amide bonds. The zero-order valence-electron chi connectivity index (χ0n) is 6.23. The molecule has 0 aromatic carbocycles. The number of pyridine rings is 1. The average Bonchev–Trinajstić information content (AvgIpc) is 2.01. The van der Waals surface area contributed by atoms with Crippen LogP contribution in [0, 0.1) is 11.5 Å². The van der Waals surface area contributed by atoms with Gasteiger partial charge < -0.3 is 0 Å². The van der Waals surface area contributed by atoms with Crippen LogP contribution >= 0.6 is 0 Å². The number of aryl methyl sites for hydroxylation is 1. The summed E-state index contributed by atoms with van der Waals surface area (Å²) in [5.41, 5.74) is 0.927. The lowest BCUT2D eigenvalue weighted by Crippen LogP contribution is -2.26. The van der Waals surface area contributed by atoms with Crippen molar-refractivity contribution < 1.29 is 4.57 Å². The minimum Gasteiger partial charge on any atom is -0.207 e. The van der Waals surface area contributed by atoms with E-state index in [9.17, 15) is 0 Å². The number of hydrogen-bond donors (Lipinski definition) is 0. The summed E-state index contributed by atoms with van der Waals surface area (Å²) in [4.78, 5) is 3.45. The van der Waals surface area contributed by atoms with Crippen LogP contribution < -0.4 is 4.57 Å². The second kappa shape index (κ2) is 3.47. The summed E-state index contributed by atoms with van der Waals surface area (Å²) in [6.07, 6.45) is 7.03. The van der Waals surface area contributed by atoms with Crippen molar-refractivity contribution in [2.24, 2.45) is 12.0 Å². The Kier molecular flexibility index (Phi) is 2.34. The van der Waals surface area contributed by atoms with Gasteiger partial charge in [-0.1, -0.05) is 0 Å². The van der Waals surface area contributed by atoms with Gasteiger partial charge in [0.25, 0.3) is 0 Å². The minimum atomic E-state index is 0.927. The van der Waals surface area contributed by atoms with Gasteiger partial charge in [0.1, 0.15) is 7.05 Å². The van der Waals surface area contributed by atoms with E-state index in [1.54, 1.807) is 6.19 Å². The average molecular weight is 146 g/mol. The van der Waals surface area contributed by atoms with Gasteiger partial charge in [-0.2, -0.15) is 10.3 Å². The quantitative estimate of drug-likeness (QED) is 0.321. The first-order chi connectivity index (χ1) is 5.33. The Bertz CT molecular complexity index is 309. The summed E-state index contributed by atoms with van der Waals surface area (Å²) < 4.78 is 1.90. The van der Waals surface area contributed by atoms with Crippen LogP contribution in [-0.2, 0) is 7.05 Å². The van der Waals surface area contributed by atoms with Crippen molar-refractivity contribution in [1.29, 1.82) is 5.26 Å². The van der Waals surface area contributed by atoms with Crippen molar-refractivity contribution in [2.45, 2.75) is 0 Å². The molecule has 0 fully saturated rings. The third kappa shape index (κ3) is 2.18. The third-order valence-electron chi connectivity index (χ3n) is 1.23. The van der Waals surface area contributed by atoms with Crippen molar-refractivity contribution >= 4 is 6.21 Å². The van der Waals surface area contributed by atoms with Crippen LogP contribution in [0.25, 0.3) is 0 Å². The summed E-state index contributed by atoms with van der Waals surface area (Å²) in [6.45, 7) is 0. The predicted octanol–water partition coefficient (Wildman–Crippen LogP) is 0.411. The molecule has 11 heavy (non-hydrogen) atoms. The van der Waals surface area contributed by atoms with Gasteiger partial charge in [-0.15, -0.1) is 0 Å². The third-order valence-corrected chi connectivity index (χ3v) is 1.23. The van der Waals surface area contributed by atoms with E-state index in [0.29, 0.717) is 0 Å². The summed E-state index contributed by atoms with van der Waals surface area (Å²) in [7, 11) is 1.92. The predicted molar refractivity (Wildman–Crippen MR) is 40.8 cm³/mol. The van der Waals surface area contributed by atoms with Crippen molar-refractivity contribution in [3.63, 3.8) is 0 Å². The minimum absolute atomic E-state index is 0.927. The van der Waals surface area contributed by atoms with E-state index in [1.165, 1.54) is 6.21 Å². The monoisotopic (exact) mass is 146 g/mol. The molecule has 1 rings (SSSR count). The maximum atomic E-state index is 8.14. The maximum Gasteiger partial charge on any atom is 0.205 e. The first-order valence-electron chi connectivity index (χ1n) is 3.20. The van der Waals surface area contributed by atoms with Crippen molar-refractivity contribution in [3.8, 4) is 6.19 Å². The molecule has 0 aliphatic heterocycles. The maximum absolute atomic E-state index is 8.14. The van der Waals surface area contributed by atoms with Gasteiger partial charge in [0, 0.05) is 6.07 Å². The zero-order chi connectivity index (χ0) is 8.10. The molecule has 0 unspecified atom stereocenters. The molecule has 0 N–H and O–H groups in total. The molecule has 1 aromatic rings. The van der Waals surface area contributed by atoms with E-state index >= 15 is 0 Å². The summed E-state index contributed by atoms with van der Waals surface area (Å²) in [6, 6.07) is 3.79. The molecule has 0 bridgehead atoms. The van der Waals surface area contributed by atoms with E-state index in [2.05, 4.69) is 4.99 Å². The molecule has 0 spiro atoms. The normalized spacial score (nSPS) is 9.82. The fourth-order valence-corrected chi connectivity index (χ4v) is 0.791. The molecular formula is C8H8N3+. The second-order valence-corrected chi connectivity index (χ2v) is 2.16. The van der Waals surface area contributed by atoms with E-state index in [0.717, 1.165) is 5.56 Å². The van der Waals surface area contributed by atoms with E-state index in [1.807, 2.05) is 36.1 Å². The van der Waals surface area contributed by atoms with Gasteiger partial charge in [-0.3, -0.25) is 0 Å². The summed E-state index contributed by atoms with van der Waals surface area (Å²) in [5.74, 6) is 0. The highest BCUT2D eigenvalue weighted by molar-refractivity contribution is 5.79. The Morgan fingerprint density at radius 3 is 3.18 bits per heavy atom. The Morgan fingerprint density at radius 1 is 1.73 bits per heavy atom. The molecule has 0 saturated heterocycles. The fourth-order valence-electron chi connectivity index (χ4n) is 0.791. The number of nitrogens with zero attached hydrogens (tertiary/aromatic N) is 3. The lowest BCUT2D eigenvalue weighted by molar-refractivity contribution is -0.671. The molecule has 0 saturated carbocycles. The van der Waals surface area contributed by atoms with Gasteiger partial charge in [-0.05, 0) is 6.07 Å². The van der Waals surface area contributed by atoms with E-state index in [-0.39, 0.29) is 0 Å². The smallest absolute Gasteiger partial charge is 0.205 e. The number of rotatable bonds is 1. The van der Waals surface area contributed by atoms with Crippen LogP contribution in [0.4, 0.5) is 0 Å². The second-order valence-electron chi connectivity index (χ2n) is 2.16. The molecule has 0 aliphatic carbocycles. The largest absolute Gasteiger partial charge is 0.207 e. The SMILES string of the molecule is C[n+]1cccc(C=NC#N)c1. The van der Waals surface area contributed by atoms with Crippen molar-refractivity contribution in [3.05, 3.63) is 30.1 Å². The number of hydrogen-bond acceptors (Lipinski definition) is 2. The van der Waals surface area contributed by atoms with Gasteiger partial charge in [0.15, 0.2) is 12.4 Å². The summed E-state index contributed by atoms with van der Waals surface area (Å²) in [5, 5.41) is 8.14. The zero-order valence-corrected chi connectivity index (χ0v) is 6.23. The molecule has 54 valence electrons. The van der Waals surface area contributed by atoms with Gasteiger partial charge in [-0.25, -0.2) is 4.57 Å². The Balaban J connectivity index is 2.90. The van der Waals surface area contributed by atoms with Gasteiger partial charge in [0.05, 0.1) is 11.8 Å². The topological polar surface area (TPSA) is 40.0 Å². The first kappa shape index (κ1) is 7.42. The number of aromatic nitrogens is 1. The number of nitriles is 1. The van der Waals surface area contributed by atoms with Crippen molar-refractivity contribution in [1.82, 2.24) is 0 Å². The standard InChI is InChI=1S/C8H8N3/c1-11-4-2-3-8(6-11)5-10-7-9/h2-6H,1H3/q+1. The van der Waals surface area contributed by atoms with E-state index < -0.39 is 0 Å². The highest BCUT2D eigenvalue weighted by Crippen LogP contribution is 1.87. The van der Waals surface area contributed by atoms with Crippen LogP contribution in [-0.4, -0.2) is 6.21 Å². The Hall–Kier alpha value is -1.69.